The van der Waals surface area contributed by atoms with Crippen LogP contribution in [0.4, 0.5) is 10.5 Å². The SMILES string of the molecule is CCC(O)OC(=O)N(NNc1ccccc1)C(C)(C)C. The minimum atomic E-state index is -1.11. The van der Waals surface area contributed by atoms with Crippen LogP contribution in [0.25, 0.3) is 0 Å². The van der Waals surface area contributed by atoms with Gasteiger partial charge in [0.2, 0.25) is 6.29 Å². The smallest absolute Gasteiger partial charge is 0.419 e. The van der Waals surface area contributed by atoms with Gasteiger partial charge in [0.05, 0.1) is 11.2 Å². The van der Waals surface area contributed by atoms with E-state index < -0.39 is 17.9 Å². The third-order valence-corrected chi connectivity index (χ3v) is 2.53. The van der Waals surface area contributed by atoms with Gasteiger partial charge in [-0.05, 0) is 32.9 Å². The van der Waals surface area contributed by atoms with Gasteiger partial charge in [0.25, 0.3) is 0 Å². The Kier molecular flexibility index (Phi) is 5.79. The fourth-order valence-corrected chi connectivity index (χ4v) is 1.38. The van der Waals surface area contributed by atoms with Gasteiger partial charge in [-0.3, -0.25) is 0 Å². The fourth-order valence-electron chi connectivity index (χ4n) is 1.38. The van der Waals surface area contributed by atoms with E-state index in [9.17, 15) is 9.90 Å². The van der Waals surface area contributed by atoms with Crippen molar-refractivity contribution in [3.05, 3.63) is 30.3 Å². The number of aliphatic hydroxyl groups excluding tert-OH is 1. The number of hydrogen-bond donors (Lipinski definition) is 3. The van der Waals surface area contributed by atoms with E-state index in [-0.39, 0.29) is 0 Å². The molecule has 0 saturated carbocycles. The van der Waals surface area contributed by atoms with Gasteiger partial charge in [-0.1, -0.05) is 25.1 Å². The van der Waals surface area contributed by atoms with E-state index in [2.05, 4.69) is 11.0 Å². The van der Waals surface area contributed by atoms with Gasteiger partial charge in [0.15, 0.2) is 0 Å². The number of benzene rings is 1. The average molecular weight is 281 g/mol. The van der Waals surface area contributed by atoms with Crippen molar-refractivity contribution < 1.29 is 14.6 Å². The van der Waals surface area contributed by atoms with Gasteiger partial charge in [0, 0.05) is 6.42 Å². The molecule has 0 fully saturated rings. The number of carbonyl (C=O) groups excluding carboxylic acids is 1. The molecule has 0 saturated heterocycles. The van der Waals surface area contributed by atoms with Crippen LogP contribution in [0.3, 0.4) is 0 Å². The third kappa shape index (κ3) is 5.07. The van der Waals surface area contributed by atoms with Gasteiger partial charge in [-0.2, -0.15) is 0 Å². The molecule has 1 amide bonds. The van der Waals surface area contributed by atoms with Crippen LogP contribution in [-0.2, 0) is 4.74 Å². The Morgan fingerprint density at radius 2 is 1.95 bits per heavy atom. The molecule has 0 heterocycles. The van der Waals surface area contributed by atoms with Crippen LogP contribution in [-0.4, -0.2) is 28.0 Å². The molecule has 1 atom stereocenters. The number of carbonyl (C=O) groups is 1. The molecule has 6 nitrogen and oxygen atoms in total. The van der Waals surface area contributed by atoms with E-state index in [1.165, 1.54) is 5.01 Å². The van der Waals surface area contributed by atoms with Crippen LogP contribution in [0.5, 0.6) is 0 Å². The Morgan fingerprint density at radius 3 is 2.45 bits per heavy atom. The predicted molar refractivity (Wildman–Crippen MR) is 77.6 cm³/mol. The lowest BCUT2D eigenvalue weighted by Crippen LogP contribution is -2.56. The molecule has 112 valence electrons. The van der Waals surface area contributed by atoms with Crippen LogP contribution in [0, 0.1) is 0 Å². The van der Waals surface area contributed by atoms with E-state index in [1.807, 2.05) is 51.1 Å². The number of hydrazine groups is 2. The number of amides is 1. The molecule has 1 aromatic rings. The summed E-state index contributed by atoms with van der Waals surface area (Å²) < 4.78 is 4.92. The molecular weight excluding hydrogens is 258 g/mol. The highest BCUT2D eigenvalue weighted by Crippen LogP contribution is 2.14. The van der Waals surface area contributed by atoms with Crippen LogP contribution < -0.4 is 11.0 Å². The fraction of sp³-hybridized carbons (Fsp3) is 0.500. The Morgan fingerprint density at radius 1 is 1.35 bits per heavy atom. The largest absolute Gasteiger partial charge is 0.428 e. The zero-order valence-corrected chi connectivity index (χ0v) is 12.4. The standard InChI is InChI=1S/C14H23N3O3/c1-5-12(18)20-13(19)17(14(2,3)4)16-15-11-9-7-6-8-10-11/h6-10,12,15-16,18H,5H2,1-4H3. The first-order valence-electron chi connectivity index (χ1n) is 6.60. The van der Waals surface area contributed by atoms with Crippen LogP contribution >= 0.6 is 0 Å². The zero-order valence-electron chi connectivity index (χ0n) is 12.4. The molecule has 1 aromatic carbocycles. The lowest BCUT2D eigenvalue weighted by atomic mass is 10.1. The molecule has 3 N–H and O–H groups in total. The molecule has 0 aliphatic rings. The van der Waals surface area contributed by atoms with Gasteiger partial charge < -0.3 is 15.3 Å². The van der Waals surface area contributed by atoms with Crippen molar-refractivity contribution in [2.45, 2.75) is 45.9 Å². The molecule has 0 radical (unpaired) electrons. The highest BCUT2D eigenvalue weighted by atomic mass is 16.6. The topological polar surface area (TPSA) is 73.8 Å². The minimum Gasteiger partial charge on any atom is -0.419 e. The van der Waals surface area contributed by atoms with Crippen molar-refractivity contribution in [1.82, 2.24) is 10.5 Å². The van der Waals surface area contributed by atoms with Crippen molar-refractivity contribution in [2.75, 3.05) is 5.43 Å². The number of aliphatic hydroxyl groups is 1. The number of hydrogen-bond acceptors (Lipinski definition) is 5. The lowest BCUT2D eigenvalue weighted by Gasteiger charge is -2.35. The van der Waals surface area contributed by atoms with E-state index in [1.54, 1.807) is 6.92 Å². The van der Waals surface area contributed by atoms with Crippen LogP contribution in [0.1, 0.15) is 34.1 Å². The molecule has 0 aliphatic carbocycles. The maximum absolute atomic E-state index is 12.0. The van der Waals surface area contributed by atoms with E-state index in [0.717, 1.165) is 5.69 Å². The predicted octanol–water partition coefficient (Wildman–Crippen LogP) is 2.48. The number of nitrogens with zero attached hydrogens (tertiary/aromatic N) is 1. The maximum Gasteiger partial charge on any atom is 0.428 e. The molecule has 0 aliphatic heterocycles. The second-order valence-corrected chi connectivity index (χ2v) is 5.36. The molecule has 1 rings (SSSR count). The monoisotopic (exact) mass is 281 g/mol. The zero-order chi connectivity index (χ0) is 15.2. The van der Waals surface area contributed by atoms with E-state index in [0.29, 0.717) is 6.42 Å². The maximum atomic E-state index is 12.0. The molecule has 1 unspecified atom stereocenters. The first-order valence-corrected chi connectivity index (χ1v) is 6.60. The summed E-state index contributed by atoms with van der Waals surface area (Å²) in [7, 11) is 0. The normalized spacial score (nSPS) is 12.7. The van der Waals surface area contributed by atoms with Crippen molar-refractivity contribution in [3.8, 4) is 0 Å². The van der Waals surface area contributed by atoms with Crippen molar-refractivity contribution in [1.29, 1.82) is 0 Å². The summed E-state index contributed by atoms with van der Waals surface area (Å²) in [5.41, 5.74) is 6.01. The first kappa shape index (κ1) is 16.3. The van der Waals surface area contributed by atoms with Crippen molar-refractivity contribution in [3.63, 3.8) is 0 Å². The van der Waals surface area contributed by atoms with Crippen LogP contribution in [0.15, 0.2) is 30.3 Å². The molecule has 0 bridgehead atoms. The number of ether oxygens (including phenoxy) is 1. The highest BCUT2D eigenvalue weighted by Gasteiger charge is 2.29. The summed E-state index contributed by atoms with van der Waals surface area (Å²) in [6.07, 6.45) is -1.41. The molecule has 6 heteroatoms. The summed E-state index contributed by atoms with van der Waals surface area (Å²) >= 11 is 0. The van der Waals surface area contributed by atoms with Gasteiger partial charge in [-0.15, -0.1) is 5.53 Å². The number of anilines is 1. The summed E-state index contributed by atoms with van der Waals surface area (Å²) in [4.78, 5) is 12.0. The Balaban J connectivity index is 2.68. The Bertz CT molecular complexity index is 417. The molecule has 20 heavy (non-hydrogen) atoms. The second kappa shape index (κ2) is 7.12. The quantitative estimate of drug-likeness (QED) is 0.571. The van der Waals surface area contributed by atoms with E-state index in [4.69, 9.17) is 4.74 Å². The summed E-state index contributed by atoms with van der Waals surface area (Å²) in [6, 6.07) is 9.38. The Labute approximate surface area is 119 Å². The summed E-state index contributed by atoms with van der Waals surface area (Å²) in [6.45, 7) is 7.29. The number of para-hydroxylation sites is 1. The Hall–Kier alpha value is -1.79. The van der Waals surface area contributed by atoms with Gasteiger partial charge in [0.1, 0.15) is 0 Å². The number of nitrogens with one attached hydrogen (secondary N) is 2. The van der Waals surface area contributed by atoms with E-state index >= 15 is 0 Å². The highest BCUT2D eigenvalue weighted by molar-refractivity contribution is 5.68. The average Bonchev–Trinajstić information content (AvgIpc) is 2.38. The second-order valence-electron chi connectivity index (χ2n) is 5.36. The molecular formula is C14H23N3O3. The third-order valence-electron chi connectivity index (χ3n) is 2.53. The van der Waals surface area contributed by atoms with Crippen molar-refractivity contribution >= 4 is 11.8 Å². The van der Waals surface area contributed by atoms with Gasteiger partial charge in [-0.25, -0.2) is 9.80 Å². The lowest BCUT2D eigenvalue weighted by molar-refractivity contribution is -0.0781. The van der Waals surface area contributed by atoms with Gasteiger partial charge >= 0.3 is 6.09 Å². The minimum absolute atomic E-state index is 0.343. The summed E-state index contributed by atoms with van der Waals surface area (Å²) in [5.74, 6) is 0. The molecule has 0 aromatic heterocycles. The first-order chi connectivity index (χ1) is 9.34. The van der Waals surface area contributed by atoms with Crippen LogP contribution in [0.2, 0.25) is 0 Å². The number of rotatable bonds is 5. The summed E-state index contributed by atoms with van der Waals surface area (Å²) in [5, 5.41) is 10.7. The van der Waals surface area contributed by atoms with Crippen molar-refractivity contribution in [2.24, 2.45) is 0 Å². The molecule has 0 spiro atoms.